The molecule has 0 aliphatic carbocycles. The number of alkyl halides is 1. The lowest BCUT2D eigenvalue weighted by atomic mass is 10.3. The van der Waals surface area contributed by atoms with Crippen LogP contribution in [0.2, 0.25) is 0 Å². The van der Waals surface area contributed by atoms with Gasteiger partial charge in [-0.2, -0.15) is 0 Å². The van der Waals surface area contributed by atoms with Gasteiger partial charge in [0.05, 0.1) is 11.4 Å². The second kappa shape index (κ2) is 6.06. The molecular weight excluding hydrogens is 296 g/mol. The molecule has 0 N–H and O–H groups in total. The summed E-state index contributed by atoms with van der Waals surface area (Å²) >= 11 is 3.56. The van der Waals surface area contributed by atoms with Crippen LogP contribution in [0.1, 0.15) is 0 Å². The lowest BCUT2D eigenvalue weighted by Gasteiger charge is -2.21. The fraction of sp³-hybridized carbons (Fsp3) is 0.417. The standard InChI is InChI=1S/C12H15BrN4O/c1-17(7-9(13)8-18-2)11-4-3-10-12(16-11)15-6-5-14-10/h3-6,9H,7-8H2,1-2H3. The third kappa shape index (κ3) is 3.14. The Hall–Kier alpha value is -1.27. The van der Waals surface area contributed by atoms with Gasteiger partial charge in [0.2, 0.25) is 0 Å². The number of nitrogens with zero attached hydrogens (tertiary/aromatic N) is 4. The zero-order chi connectivity index (χ0) is 13.0. The van der Waals surface area contributed by atoms with Crippen molar-refractivity contribution in [3.05, 3.63) is 24.5 Å². The van der Waals surface area contributed by atoms with Crippen LogP contribution in [0, 0.1) is 0 Å². The number of ether oxygens (including phenoxy) is 1. The number of hydrogen-bond acceptors (Lipinski definition) is 5. The molecule has 0 saturated heterocycles. The van der Waals surface area contributed by atoms with Gasteiger partial charge in [0.25, 0.3) is 0 Å². The van der Waals surface area contributed by atoms with Crippen LogP contribution in [-0.2, 0) is 4.74 Å². The number of fused-ring (bicyclic) bond motifs is 1. The van der Waals surface area contributed by atoms with Crippen molar-refractivity contribution in [1.29, 1.82) is 0 Å². The second-order valence-electron chi connectivity index (χ2n) is 4.00. The minimum Gasteiger partial charge on any atom is -0.383 e. The second-order valence-corrected chi connectivity index (χ2v) is 5.30. The Morgan fingerprint density at radius 2 is 2.11 bits per heavy atom. The molecule has 0 aliphatic heterocycles. The third-order valence-corrected chi connectivity index (χ3v) is 3.08. The van der Waals surface area contributed by atoms with Crippen molar-refractivity contribution in [2.45, 2.75) is 4.83 Å². The van der Waals surface area contributed by atoms with Crippen LogP contribution in [0.5, 0.6) is 0 Å². The van der Waals surface area contributed by atoms with Crippen LogP contribution >= 0.6 is 15.9 Å². The highest BCUT2D eigenvalue weighted by Gasteiger charge is 2.10. The van der Waals surface area contributed by atoms with E-state index in [1.54, 1.807) is 19.5 Å². The Labute approximate surface area is 114 Å². The summed E-state index contributed by atoms with van der Waals surface area (Å²) in [5.41, 5.74) is 1.47. The molecule has 18 heavy (non-hydrogen) atoms. The molecule has 0 saturated carbocycles. The van der Waals surface area contributed by atoms with E-state index in [4.69, 9.17) is 4.74 Å². The Kier molecular flexibility index (Phi) is 4.43. The van der Waals surface area contributed by atoms with Gasteiger partial charge in [-0.3, -0.25) is 4.98 Å². The van der Waals surface area contributed by atoms with Gasteiger partial charge in [0.15, 0.2) is 5.65 Å². The Morgan fingerprint density at radius 3 is 2.89 bits per heavy atom. The molecule has 0 bridgehead atoms. The van der Waals surface area contributed by atoms with E-state index in [1.165, 1.54) is 0 Å². The number of anilines is 1. The predicted molar refractivity (Wildman–Crippen MR) is 75.2 cm³/mol. The summed E-state index contributed by atoms with van der Waals surface area (Å²) in [5, 5.41) is 0. The maximum atomic E-state index is 5.09. The molecule has 1 unspecified atom stereocenters. The maximum absolute atomic E-state index is 5.09. The van der Waals surface area contributed by atoms with Crippen molar-refractivity contribution in [2.75, 3.05) is 32.2 Å². The van der Waals surface area contributed by atoms with Gasteiger partial charge in [-0.15, -0.1) is 0 Å². The van der Waals surface area contributed by atoms with Gasteiger partial charge >= 0.3 is 0 Å². The molecule has 96 valence electrons. The molecule has 0 aromatic carbocycles. The van der Waals surface area contributed by atoms with E-state index < -0.39 is 0 Å². The van der Waals surface area contributed by atoms with Crippen LogP contribution in [0.4, 0.5) is 5.82 Å². The quantitative estimate of drug-likeness (QED) is 0.789. The van der Waals surface area contributed by atoms with Crippen LogP contribution in [0.15, 0.2) is 24.5 Å². The van der Waals surface area contributed by atoms with E-state index in [0.29, 0.717) is 12.3 Å². The summed E-state index contributed by atoms with van der Waals surface area (Å²) in [4.78, 5) is 15.2. The first kappa shape index (κ1) is 13.2. The van der Waals surface area contributed by atoms with Gasteiger partial charge in [0, 0.05) is 33.1 Å². The molecule has 0 spiro atoms. The number of hydrogen-bond donors (Lipinski definition) is 0. The van der Waals surface area contributed by atoms with E-state index in [1.807, 2.05) is 19.2 Å². The average molecular weight is 311 g/mol. The van der Waals surface area contributed by atoms with Gasteiger partial charge in [-0.05, 0) is 12.1 Å². The van der Waals surface area contributed by atoms with Crippen molar-refractivity contribution in [1.82, 2.24) is 15.0 Å². The van der Waals surface area contributed by atoms with Crippen molar-refractivity contribution < 1.29 is 4.74 Å². The van der Waals surface area contributed by atoms with Gasteiger partial charge in [-0.1, -0.05) is 15.9 Å². The first-order chi connectivity index (χ1) is 8.70. The predicted octanol–water partition coefficient (Wildman–Crippen LogP) is 1.87. The number of halogens is 1. The summed E-state index contributed by atoms with van der Waals surface area (Å²) in [7, 11) is 3.69. The first-order valence-corrected chi connectivity index (χ1v) is 6.54. The number of rotatable bonds is 5. The van der Waals surface area contributed by atoms with Crippen LogP contribution in [-0.4, -0.2) is 47.1 Å². The van der Waals surface area contributed by atoms with E-state index in [-0.39, 0.29) is 4.83 Å². The van der Waals surface area contributed by atoms with Crippen molar-refractivity contribution in [3.8, 4) is 0 Å². The molecule has 2 rings (SSSR count). The topological polar surface area (TPSA) is 51.1 Å². The molecule has 0 fully saturated rings. The summed E-state index contributed by atoms with van der Waals surface area (Å²) in [6, 6.07) is 3.88. The van der Waals surface area contributed by atoms with Crippen LogP contribution < -0.4 is 4.90 Å². The summed E-state index contributed by atoms with van der Waals surface area (Å²) in [5.74, 6) is 0.878. The third-order valence-electron chi connectivity index (χ3n) is 2.53. The van der Waals surface area contributed by atoms with E-state index in [0.717, 1.165) is 17.9 Å². The normalized spacial score (nSPS) is 12.6. The molecule has 2 aromatic rings. The van der Waals surface area contributed by atoms with Crippen LogP contribution in [0.3, 0.4) is 0 Å². The summed E-state index contributed by atoms with van der Waals surface area (Å²) in [6.07, 6.45) is 3.32. The minimum atomic E-state index is 0.270. The fourth-order valence-electron chi connectivity index (χ4n) is 1.68. The highest BCUT2D eigenvalue weighted by molar-refractivity contribution is 9.09. The molecule has 0 radical (unpaired) electrons. The largest absolute Gasteiger partial charge is 0.383 e. The molecule has 2 heterocycles. The Balaban J connectivity index is 2.15. The molecule has 5 nitrogen and oxygen atoms in total. The van der Waals surface area contributed by atoms with Gasteiger partial charge in [0.1, 0.15) is 11.3 Å². The van der Waals surface area contributed by atoms with Crippen molar-refractivity contribution in [3.63, 3.8) is 0 Å². The molecule has 0 amide bonds. The Morgan fingerprint density at radius 1 is 1.33 bits per heavy atom. The zero-order valence-electron chi connectivity index (χ0n) is 10.4. The summed E-state index contributed by atoms with van der Waals surface area (Å²) < 4.78 is 5.09. The van der Waals surface area contributed by atoms with Crippen molar-refractivity contribution in [2.24, 2.45) is 0 Å². The monoisotopic (exact) mass is 310 g/mol. The van der Waals surface area contributed by atoms with Crippen molar-refractivity contribution >= 4 is 32.9 Å². The lowest BCUT2D eigenvalue weighted by molar-refractivity contribution is 0.201. The Bertz CT molecular complexity index is 522. The average Bonchev–Trinajstić information content (AvgIpc) is 2.38. The number of pyridine rings is 1. The van der Waals surface area contributed by atoms with Gasteiger partial charge in [-0.25, -0.2) is 9.97 Å². The molecular formula is C12H15BrN4O. The number of methoxy groups -OCH3 is 1. The fourth-order valence-corrected chi connectivity index (χ4v) is 2.38. The van der Waals surface area contributed by atoms with E-state index >= 15 is 0 Å². The smallest absolute Gasteiger partial charge is 0.180 e. The maximum Gasteiger partial charge on any atom is 0.180 e. The summed E-state index contributed by atoms with van der Waals surface area (Å²) in [6.45, 7) is 1.48. The highest BCUT2D eigenvalue weighted by atomic mass is 79.9. The lowest BCUT2D eigenvalue weighted by Crippen LogP contribution is -2.28. The molecule has 6 heteroatoms. The van der Waals surface area contributed by atoms with E-state index in [9.17, 15) is 0 Å². The molecule has 1 atom stereocenters. The highest BCUT2D eigenvalue weighted by Crippen LogP contribution is 2.15. The first-order valence-electron chi connectivity index (χ1n) is 5.62. The number of aromatic nitrogens is 3. The van der Waals surface area contributed by atoms with Gasteiger partial charge < -0.3 is 9.64 Å². The van der Waals surface area contributed by atoms with Crippen LogP contribution in [0.25, 0.3) is 11.2 Å². The SMILES string of the molecule is COCC(Br)CN(C)c1ccc2nccnc2n1. The van der Waals surface area contributed by atoms with E-state index in [2.05, 4.69) is 35.8 Å². The zero-order valence-corrected chi connectivity index (χ0v) is 12.0. The molecule has 2 aromatic heterocycles. The molecule has 0 aliphatic rings. The minimum absolute atomic E-state index is 0.270.